The van der Waals surface area contributed by atoms with Crippen molar-refractivity contribution >= 4 is 17.4 Å². The van der Waals surface area contributed by atoms with Gasteiger partial charge in [-0.2, -0.15) is 10.4 Å². The van der Waals surface area contributed by atoms with E-state index in [1.54, 1.807) is 28.0 Å². The molecule has 0 N–H and O–H groups in total. The molecule has 3 aromatic heterocycles. The molecule has 10 heterocycles. The number of ether oxygens (including phenoxy) is 2. The number of piperidine rings is 2. The van der Waals surface area contributed by atoms with Crippen molar-refractivity contribution in [2.24, 2.45) is 0 Å². The molecule has 2 amide bonds. The number of alkyl halides is 2. The van der Waals surface area contributed by atoms with E-state index in [1.807, 2.05) is 18.2 Å². The number of nitrogens with zero attached hydrogens (tertiary/aromatic N) is 8. The molecule has 4 bridgehead atoms. The second-order valence-electron chi connectivity index (χ2n) is 12.3. The van der Waals surface area contributed by atoms with E-state index >= 15 is 0 Å². The van der Waals surface area contributed by atoms with Crippen molar-refractivity contribution in [1.29, 1.82) is 5.26 Å². The first-order valence-corrected chi connectivity index (χ1v) is 14.9. The van der Waals surface area contributed by atoms with Gasteiger partial charge in [-0.1, -0.05) is 0 Å². The van der Waals surface area contributed by atoms with Crippen LogP contribution in [-0.2, 0) is 4.74 Å². The highest BCUT2D eigenvalue weighted by Gasteiger charge is 2.51. The highest BCUT2D eigenvalue weighted by molar-refractivity contribution is 5.85. The lowest BCUT2D eigenvalue weighted by Gasteiger charge is -2.57. The number of piperazine rings is 1. The molecule has 7 aliphatic heterocycles. The van der Waals surface area contributed by atoms with Crippen molar-refractivity contribution in [3.05, 3.63) is 42.4 Å². The van der Waals surface area contributed by atoms with E-state index in [9.17, 15) is 18.8 Å². The average Bonchev–Trinajstić information content (AvgIpc) is 3.59. The molecule has 224 valence electrons. The van der Waals surface area contributed by atoms with Gasteiger partial charge in [-0.25, -0.2) is 23.1 Å². The van der Waals surface area contributed by atoms with Crippen LogP contribution in [0.1, 0.15) is 24.8 Å². The van der Waals surface area contributed by atoms with Crippen LogP contribution >= 0.6 is 0 Å². The highest BCUT2D eigenvalue weighted by Crippen LogP contribution is 2.38. The summed E-state index contributed by atoms with van der Waals surface area (Å²) in [6.45, 7) is 4.06. The zero-order valence-corrected chi connectivity index (χ0v) is 23.6. The number of nitriles is 1. The van der Waals surface area contributed by atoms with Crippen molar-refractivity contribution in [2.45, 2.75) is 49.5 Å². The third-order valence-corrected chi connectivity index (χ3v) is 9.45. The minimum atomic E-state index is -2.79. The van der Waals surface area contributed by atoms with Crippen LogP contribution in [0.5, 0.6) is 5.75 Å². The Bertz CT molecular complexity index is 1580. The van der Waals surface area contributed by atoms with E-state index < -0.39 is 12.5 Å². The normalized spacial score (nSPS) is 27.5. The first-order chi connectivity index (χ1) is 20.8. The first-order valence-electron chi connectivity index (χ1n) is 14.9. The van der Waals surface area contributed by atoms with Gasteiger partial charge in [0.05, 0.1) is 54.3 Å². The number of amides is 2. The van der Waals surface area contributed by atoms with Crippen LogP contribution in [0.4, 0.5) is 19.4 Å². The van der Waals surface area contributed by atoms with E-state index in [2.05, 4.69) is 21.0 Å². The topological polar surface area (TPSA) is 102 Å². The number of pyridine rings is 2. The summed E-state index contributed by atoms with van der Waals surface area (Å²) in [5.41, 5.74) is 2.80. The molecule has 11 nitrogen and oxygen atoms in total. The molecule has 7 aliphatic rings. The summed E-state index contributed by atoms with van der Waals surface area (Å²) in [6, 6.07) is 7.80. The molecule has 0 radical (unpaired) electrons. The first kappa shape index (κ1) is 26.6. The van der Waals surface area contributed by atoms with Gasteiger partial charge in [0, 0.05) is 69.4 Å². The third-order valence-electron chi connectivity index (χ3n) is 9.45. The standard InChI is InChI=1S/C30H32F2N8O3/c31-30(32)3-4-37(18-30)29(41)40-21-7-22(40)14-38(13-21)27-2-1-19(11-34-27)26-9-23(17-39-28(26)20(10-33)12-35-39)42-6-5-36-15-24-8-25(16-36)43-24/h1-2,9,11-12,17,21-22,24-25H,3-8,13-16,18H2. The van der Waals surface area contributed by atoms with Gasteiger partial charge in [0.25, 0.3) is 5.92 Å². The van der Waals surface area contributed by atoms with Crippen molar-refractivity contribution in [2.75, 3.05) is 57.3 Å². The number of halogens is 2. The number of aromatic nitrogens is 3. The van der Waals surface area contributed by atoms with E-state index in [0.717, 1.165) is 49.4 Å². The second-order valence-corrected chi connectivity index (χ2v) is 12.3. The lowest BCUT2D eigenvalue weighted by atomic mass is 9.87. The van der Waals surface area contributed by atoms with Gasteiger partial charge in [0.1, 0.15) is 24.2 Å². The van der Waals surface area contributed by atoms with Gasteiger partial charge >= 0.3 is 6.03 Å². The number of fused-ring (bicyclic) bond motifs is 5. The monoisotopic (exact) mass is 590 g/mol. The summed E-state index contributed by atoms with van der Waals surface area (Å²) in [5.74, 6) is -1.34. The van der Waals surface area contributed by atoms with Crippen LogP contribution in [0.3, 0.4) is 0 Å². The summed E-state index contributed by atoms with van der Waals surface area (Å²) in [7, 11) is 0. The molecule has 13 heteroatoms. The van der Waals surface area contributed by atoms with Gasteiger partial charge in [-0.05, 0) is 24.6 Å². The van der Waals surface area contributed by atoms with Crippen LogP contribution < -0.4 is 9.64 Å². The lowest BCUT2D eigenvalue weighted by molar-refractivity contribution is -0.181. The minimum Gasteiger partial charge on any atom is -0.491 e. The van der Waals surface area contributed by atoms with Crippen LogP contribution in [-0.4, -0.2) is 118 Å². The Morgan fingerprint density at radius 2 is 1.93 bits per heavy atom. The molecule has 7 fully saturated rings. The molecule has 0 saturated carbocycles. The number of likely N-dealkylation sites (tertiary alicyclic amines) is 1. The predicted molar refractivity (Wildman–Crippen MR) is 151 cm³/mol. The van der Waals surface area contributed by atoms with Gasteiger partial charge in [0.15, 0.2) is 0 Å². The molecule has 4 atom stereocenters. The van der Waals surface area contributed by atoms with E-state index in [4.69, 9.17) is 14.5 Å². The van der Waals surface area contributed by atoms with E-state index in [0.29, 0.717) is 48.7 Å². The number of rotatable bonds is 6. The molecule has 3 aromatic rings. The number of hydrogen-bond acceptors (Lipinski definition) is 8. The number of carbonyl (C=O) groups is 1. The summed E-state index contributed by atoms with van der Waals surface area (Å²) in [4.78, 5) is 25.3. The van der Waals surface area contributed by atoms with Crippen LogP contribution in [0, 0.1) is 11.3 Å². The molecule has 7 saturated heterocycles. The fraction of sp³-hybridized carbons (Fsp3) is 0.533. The largest absolute Gasteiger partial charge is 0.491 e. The maximum absolute atomic E-state index is 13.7. The number of carbonyl (C=O) groups excluding carboxylic acids is 1. The molecular weight excluding hydrogens is 558 g/mol. The summed E-state index contributed by atoms with van der Waals surface area (Å²) in [6.07, 6.45) is 7.62. The summed E-state index contributed by atoms with van der Waals surface area (Å²) >= 11 is 0. The highest BCUT2D eigenvalue weighted by atomic mass is 19.3. The quantitative estimate of drug-likeness (QED) is 0.432. The number of morpholine rings is 1. The zero-order chi connectivity index (χ0) is 29.3. The van der Waals surface area contributed by atoms with Crippen molar-refractivity contribution in [1.82, 2.24) is 29.3 Å². The lowest BCUT2D eigenvalue weighted by Crippen LogP contribution is -2.72. The summed E-state index contributed by atoms with van der Waals surface area (Å²) in [5, 5.41) is 14.1. The van der Waals surface area contributed by atoms with Crippen molar-refractivity contribution in [3.8, 4) is 22.9 Å². The van der Waals surface area contributed by atoms with Crippen LogP contribution in [0.15, 0.2) is 36.8 Å². The Balaban J connectivity index is 0.963. The maximum Gasteiger partial charge on any atom is 0.320 e. The predicted octanol–water partition coefficient (Wildman–Crippen LogP) is 2.84. The van der Waals surface area contributed by atoms with E-state index in [1.165, 1.54) is 4.90 Å². The number of anilines is 1. The minimum absolute atomic E-state index is 0.0105. The van der Waals surface area contributed by atoms with E-state index in [-0.39, 0.29) is 31.1 Å². The molecule has 0 aliphatic carbocycles. The SMILES string of the molecule is N#Cc1cnn2cc(OCCN3CC4CC(C3)O4)cc(-c3ccc(N4CC5CC(C4)N5C(=O)N4CCC(F)(F)C4)nc3)c12. The maximum atomic E-state index is 13.7. The molecule has 10 rings (SSSR count). The Labute approximate surface area is 247 Å². The second kappa shape index (κ2) is 10.0. The Hall–Kier alpha value is -4.02. The smallest absolute Gasteiger partial charge is 0.320 e. The summed E-state index contributed by atoms with van der Waals surface area (Å²) < 4.78 is 40.9. The van der Waals surface area contributed by atoms with Crippen molar-refractivity contribution < 1.29 is 23.0 Å². The van der Waals surface area contributed by atoms with Gasteiger partial charge in [-0.3, -0.25) is 4.90 Å². The zero-order valence-electron chi connectivity index (χ0n) is 23.6. The Morgan fingerprint density at radius 1 is 1.14 bits per heavy atom. The third kappa shape index (κ3) is 4.73. The van der Waals surface area contributed by atoms with Gasteiger partial charge in [0.2, 0.25) is 0 Å². The van der Waals surface area contributed by atoms with Gasteiger partial charge < -0.3 is 24.2 Å². The molecular formula is C30H32F2N8O3. The Morgan fingerprint density at radius 3 is 2.60 bits per heavy atom. The molecule has 0 spiro atoms. The fourth-order valence-corrected chi connectivity index (χ4v) is 7.30. The number of hydrogen-bond donors (Lipinski definition) is 0. The Kier molecular flexibility index (Phi) is 6.20. The molecule has 4 unspecified atom stereocenters. The van der Waals surface area contributed by atoms with Crippen LogP contribution in [0.2, 0.25) is 0 Å². The molecule has 43 heavy (non-hydrogen) atoms. The number of urea groups is 1. The molecule has 0 aromatic carbocycles. The average molecular weight is 591 g/mol. The fourth-order valence-electron chi connectivity index (χ4n) is 7.30. The van der Waals surface area contributed by atoms with Gasteiger partial charge in [-0.15, -0.1) is 0 Å². The van der Waals surface area contributed by atoms with Crippen molar-refractivity contribution in [3.63, 3.8) is 0 Å². The van der Waals surface area contributed by atoms with Crippen LogP contribution in [0.25, 0.3) is 16.6 Å².